The minimum Gasteiger partial charge on any atom is -0.497 e. The molecule has 2 heterocycles. The summed E-state index contributed by atoms with van der Waals surface area (Å²) in [4.78, 5) is 34.8. The normalized spacial score (nSPS) is 20.3. The molecule has 0 aliphatic carbocycles. The third-order valence-corrected chi connectivity index (χ3v) is 6.09. The van der Waals surface area contributed by atoms with E-state index >= 15 is 0 Å². The van der Waals surface area contributed by atoms with Crippen molar-refractivity contribution in [1.82, 2.24) is 10.2 Å². The van der Waals surface area contributed by atoms with E-state index in [1.807, 2.05) is 35.2 Å². The molecule has 1 saturated heterocycles. The Morgan fingerprint density at radius 1 is 1.00 bits per heavy atom. The van der Waals surface area contributed by atoms with Crippen molar-refractivity contribution in [2.24, 2.45) is 10.9 Å². The van der Waals surface area contributed by atoms with Crippen molar-refractivity contribution in [2.45, 2.75) is 13.0 Å². The molecule has 34 heavy (non-hydrogen) atoms. The molecule has 0 unspecified atom stereocenters. The molecular formula is C25H30N4O5. The molecule has 2 aromatic carbocycles. The number of nitrogens with one attached hydrogen (secondary N) is 1. The molecule has 4 rings (SSSR count). The lowest BCUT2D eigenvalue weighted by atomic mass is 9.91. The monoisotopic (exact) mass is 466 g/mol. The van der Waals surface area contributed by atoms with Crippen LogP contribution < -0.4 is 19.7 Å². The standard InChI is InChI=1S/C25H30N4O5/c1-4-34-24(31)21-22(17-8-10-19(32-2)11-9-17)26-25(27-23(21)30)29-14-12-28(13-15-29)18-6-5-7-20(16-18)33-3/h5-11,16,21-22H,4,12-15H2,1-3H3,(H,26,27,30)/t21-,22+/m1/s1. The van der Waals surface area contributed by atoms with Gasteiger partial charge in [-0.3, -0.25) is 14.9 Å². The lowest BCUT2D eigenvalue weighted by Crippen LogP contribution is -2.57. The fraction of sp³-hybridized carbons (Fsp3) is 0.400. The summed E-state index contributed by atoms with van der Waals surface area (Å²) in [7, 11) is 3.25. The number of esters is 1. The van der Waals surface area contributed by atoms with Crippen molar-refractivity contribution in [1.29, 1.82) is 0 Å². The van der Waals surface area contributed by atoms with Gasteiger partial charge in [-0.25, -0.2) is 4.99 Å². The number of methoxy groups -OCH3 is 2. The van der Waals surface area contributed by atoms with Crippen LogP contribution in [-0.4, -0.2) is 69.7 Å². The smallest absolute Gasteiger partial charge is 0.321 e. The van der Waals surface area contributed by atoms with Crippen LogP contribution in [0.4, 0.5) is 5.69 Å². The van der Waals surface area contributed by atoms with E-state index in [0.29, 0.717) is 24.8 Å². The van der Waals surface area contributed by atoms with Crippen LogP contribution in [0.1, 0.15) is 18.5 Å². The second-order valence-corrected chi connectivity index (χ2v) is 8.07. The van der Waals surface area contributed by atoms with Gasteiger partial charge in [-0.2, -0.15) is 0 Å². The average molecular weight is 467 g/mol. The maximum Gasteiger partial charge on any atom is 0.321 e. The minimum atomic E-state index is -1.05. The molecule has 180 valence electrons. The van der Waals surface area contributed by atoms with E-state index < -0.39 is 23.8 Å². The van der Waals surface area contributed by atoms with E-state index in [2.05, 4.69) is 16.3 Å². The van der Waals surface area contributed by atoms with E-state index in [1.165, 1.54) is 0 Å². The highest BCUT2D eigenvalue weighted by Crippen LogP contribution is 2.32. The first-order chi connectivity index (χ1) is 16.5. The number of hydrogen-bond donors (Lipinski definition) is 1. The van der Waals surface area contributed by atoms with E-state index in [9.17, 15) is 9.59 Å². The van der Waals surface area contributed by atoms with Gasteiger partial charge in [0, 0.05) is 37.9 Å². The first-order valence-corrected chi connectivity index (χ1v) is 11.4. The van der Waals surface area contributed by atoms with Crippen LogP contribution in [0.5, 0.6) is 11.5 Å². The maximum absolute atomic E-state index is 13.1. The van der Waals surface area contributed by atoms with Gasteiger partial charge in [-0.1, -0.05) is 18.2 Å². The van der Waals surface area contributed by atoms with Crippen LogP contribution in [-0.2, 0) is 14.3 Å². The minimum absolute atomic E-state index is 0.195. The van der Waals surface area contributed by atoms with E-state index in [4.69, 9.17) is 19.2 Å². The lowest BCUT2D eigenvalue weighted by molar-refractivity contribution is -0.153. The Hall–Kier alpha value is -3.75. The van der Waals surface area contributed by atoms with E-state index in [0.717, 1.165) is 30.1 Å². The quantitative estimate of drug-likeness (QED) is 0.516. The summed E-state index contributed by atoms with van der Waals surface area (Å²) in [5.41, 5.74) is 1.84. The first-order valence-electron chi connectivity index (χ1n) is 11.4. The van der Waals surface area contributed by atoms with Crippen molar-refractivity contribution in [3.63, 3.8) is 0 Å². The van der Waals surface area contributed by atoms with Crippen molar-refractivity contribution >= 4 is 23.5 Å². The molecule has 0 aromatic heterocycles. The number of nitrogens with zero attached hydrogens (tertiary/aromatic N) is 3. The number of carbonyl (C=O) groups excluding carboxylic acids is 2. The van der Waals surface area contributed by atoms with Crippen LogP contribution in [0, 0.1) is 5.92 Å². The predicted molar refractivity (Wildman–Crippen MR) is 128 cm³/mol. The van der Waals surface area contributed by atoms with Crippen molar-refractivity contribution < 1.29 is 23.8 Å². The van der Waals surface area contributed by atoms with Crippen molar-refractivity contribution in [3.8, 4) is 11.5 Å². The zero-order valence-corrected chi connectivity index (χ0v) is 19.7. The summed E-state index contributed by atoms with van der Waals surface area (Å²) in [5.74, 6) is -0.0384. The molecule has 0 saturated carbocycles. The summed E-state index contributed by atoms with van der Waals surface area (Å²) in [6.45, 7) is 4.79. The molecule has 2 aliphatic rings. The Bertz CT molecular complexity index is 1050. The highest BCUT2D eigenvalue weighted by molar-refractivity contribution is 6.08. The van der Waals surface area contributed by atoms with Crippen LogP contribution in [0.15, 0.2) is 53.5 Å². The largest absolute Gasteiger partial charge is 0.497 e. The fourth-order valence-electron chi connectivity index (χ4n) is 4.25. The number of hydrogen-bond acceptors (Lipinski definition) is 8. The van der Waals surface area contributed by atoms with Crippen molar-refractivity contribution in [3.05, 3.63) is 54.1 Å². The number of amides is 1. The number of piperazine rings is 1. The fourth-order valence-corrected chi connectivity index (χ4v) is 4.25. The zero-order chi connectivity index (χ0) is 24.1. The Balaban J connectivity index is 1.55. The predicted octanol–water partition coefficient (Wildman–Crippen LogP) is 2.23. The highest BCUT2D eigenvalue weighted by Gasteiger charge is 2.42. The Labute approximate surface area is 199 Å². The molecule has 2 atom stereocenters. The summed E-state index contributed by atoms with van der Waals surface area (Å²) in [6, 6.07) is 14.5. The molecule has 9 heteroatoms. The third-order valence-electron chi connectivity index (χ3n) is 6.09. The molecule has 2 aliphatic heterocycles. The average Bonchev–Trinajstić information content (AvgIpc) is 2.88. The maximum atomic E-state index is 13.1. The summed E-state index contributed by atoms with van der Waals surface area (Å²) in [6.07, 6.45) is 0. The molecular weight excluding hydrogens is 436 g/mol. The van der Waals surface area contributed by atoms with Crippen LogP contribution in [0.2, 0.25) is 0 Å². The Morgan fingerprint density at radius 2 is 1.68 bits per heavy atom. The zero-order valence-electron chi connectivity index (χ0n) is 19.7. The van der Waals surface area contributed by atoms with Gasteiger partial charge in [0.25, 0.3) is 0 Å². The topological polar surface area (TPSA) is 92.7 Å². The molecule has 1 N–H and O–H groups in total. The molecule has 0 bridgehead atoms. The third kappa shape index (κ3) is 4.93. The van der Waals surface area contributed by atoms with Crippen molar-refractivity contribution in [2.75, 3.05) is 51.9 Å². The summed E-state index contributed by atoms with van der Waals surface area (Å²) >= 11 is 0. The number of anilines is 1. The lowest BCUT2D eigenvalue weighted by Gasteiger charge is -2.39. The van der Waals surface area contributed by atoms with Crippen LogP contribution >= 0.6 is 0 Å². The second-order valence-electron chi connectivity index (χ2n) is 8.07. The second kappa shape index (κ2) is 10.5. The summed E-state index contributed by atoms with van der Waals surface area (Å²) in [5, 5.41) is 2.84. The number of ether oxygens (including phenoxy) is 3. The van der Waals surface area contributed by atoms with Gasteiger partial charge >= 0.3 is 5.97 Å². The van der Waals surface area contributed by atoms with E-state index in [-0.39, 0.29) is 6.61 Å². The number of aliphatic imine (C=N–C) groups is 1. The molecule has 0 spiro atoms. The number of guanidine groups is 1. The molecule has 2 aromatic rings. The number of carbonyl (C=O) groups is 2. The van der Waals surface area contributed by atoms with E-state index in [1.54, 1.807) is 33.3 Å². The van der Waals surface area contributed by atoms with Crippen LogP contribution in [0.25, 0.3) is 0 Å². The highest BCUT2D eigenvalue weighted by atomic mass is 16.5. The Kier molecular flexibility index (Phi) is 7.20. The van der Waals surface area contributed by atoms with Gasteiger partial charge in [0.15, 0.2) is 5.92 Å². The number of benzene rings is 2. The molecule has 9 nitrogen and oxygen atoms in total. The van der Waals surface area contributed by atoms with Gasteiger partial charge in [-0.05, 0) is 36.8 Å². The van der Waals surface area contributed by atoms with Gasteiger partial charge in [0.2, 0.25) is 11.9 Å². The summed E-state index contributed by atoms with van der Waals surface area (Å²) < 4.78 is 15.8. The van der Waals surface area contributed by atoms with Gasteiger partial charge in [-0.15, -0.1) is 0 Å². The number of rotatable bonds is 6. The van der Waals surface area contributed by atoms with Gasteiger partial charge in [0.05, 0.1) is 20.8 Å². The van der Waals surface area contributed by atoms with Gasteiger partial charge in [0.1, 0.15) is 17.5 Å². The Morgan fingerprint density at radius 3 is 2.32 bits per heavy atom. The SMILES string of the molecule is CCOC(=O)[C@H]1C(=O)NC(N2CCN(c3cccc(OC)c3)CC2)=N[C@H]1c1ccc(OC)cc1. The van der Waals surface area contributed by atoms with Crippen LogP contribution in [0.3, 0.4) is 0 Å². The molecule has 1 fully saturated rings. The molecule has 0 radical (unpaired) electrons. The van der Waals surface area contributed by atoms with Gasteiger partial charge < -0.3 is 24.0 Å². The first kappa shape index (κ1) is 23.4. The molecule has 1 amide bonds.